The van der Waals surface area contributed by atoms with Crippen molar-refractivity contribution >= 4 is 11.9 Å². The van der Waals surface area contributed by atoms with Gasteiger partial charge < -0.3 is 19.5 Å². The molecule has 1 atom stereocenters. The lowest BCUT2D eigenvalue weighted by Gasteiger charge is -2.32. The first-order valence-corrected chi connectivity index (χ1v) is 8.82. The van der Waals surface area contributed by atoms with Crippen molar-refractivity contribution in [2.45, 2.75) is 18.9 Å². The van der Waals surface area contributed by atoms with Crippen LogP contribution in [0.4, 0.5) is 5.95 Å². The molecule has 1 amide bonds. The van der Waals surface area contributed by atoms with Crippen LogP contribution in [-0.4, -0.2) is 58.5 Å². The molecule has 0 radical (unpaired) electrons. The zero-order valence-electron chi connectivity index (χ0n) is 14.4. The first kappa shape index (κ1) is 16.5. The number of carbonyl (C=O) groups is 1. The lowest BCUT2D eigenvalue weighted by Crippen LogP contribution is -2.42. The highest BCUT2D eigenvalue weighted by Gasteiger charge is 2.28. The standard InChI is InChI=1S/C18H20N6O2/c19-10-13-9-15(21-11-13)17(25)24-7-8-26-16(12-24)14-3-4-20-18(22-14)23-5-1-2-6-23/h3-4,9,11,16,21H,1-2,5-8,12H2/t16-/m1/s1. The average Bonchev–Trinajstić information content (AvgIpc) is 3.39. The second kappa shape index (κ2) is 7.14. The van der Waals surface area contributed by atoms with Crippen LogP contribution >= 0.6 is 0 Å². The molecule has 0 aliphatic carbocycles. The van der Waals surface area contributed by atoms with Crippen molar-refractivity contribution in [2.24, 2.45) is 0 Å². The Labute approximate surface area is 151 Å². The molecule has 0 bridgehead atoms. The molecule has 2 aliphatic rings. The Morgan fingerprint density at radius 2 is 2.19 bits per heavy atom. The minimum atomic E-state index is -0.276. The zero-order chi connectivity index (χ0) is 17.9. The third-order valence-electron chi connectivity index (χ3n) is 4.78. The fraction of sp³-hybridized carbons (Fsp3) is 0.444. The highest BCUT2D eigenvalue weighted by Crippen LogP contribution is 2.24. The van der Waals surface area contributed by atoms with Crippen molar-refractivity contribution in [2.75, 3.05) is 37.7 Å². The number of nitrogens with one attached hydrogen (secondary N) is 1. The van der Waals surface area contributed by atoms with E-state index in [4.69, 9.17) is 10.00 Å². The quantitative estimate of drug-likeness (QED) is 0.899. The Morgan fingerprint density at radius 1 is 1.35 bits per heavy atom. The lowest BCUT2D eigenvalue weighted by atomic mass is 10.2. The van der Waals surface area contributed by atoms with Gasteiger partial charge in [-0.1, -0.05) is 0 Å². The molecule has 2 aromatic rings. The third kappa shape index (κ3) is 3.26. The summed E-state index contributed by atoms with van der Waals surface area (Å²) >= 11 is 0. The van der Waals surface area contributed by atoms with Crippen molar-refractivity contribution in [1.82, 2.24) is 19.9 Å². The maximum Gasteiger partial charge on any atom is 0.270 e. The summed E-state index contributed by atoms with van der Waals surface area (Å²) in [4.78, 5) is 28.5. The molecule has 8 heteroatoms. The summed E-state index contributed by atoms with van der Waals surface area (Å²) in [6.07, 6.45) is 5.34. The molecular formula is C18H20N6O2. The maximum atomic E-state index is 12.7. The summed E-state index contributed by atoms with van der Waals surface area (Å²) in [6.45, 7) is 3.35. The number of H-pyrrole nitrogens is 1. The van der Waals surface area contributed by atoms with Crippen LogP contribution in [0.3, 0.4) is 0 Å². The minimum Gasteiger partial charge on any atom is -0.368 e. The first-order chi connectivity index (χ1) is 12.7. The van der Waals surface area contributed by atoms with Gasteiger partial charge >= 0.3 is 0 Å². The van der Waals surface area contributed by atoms with Gasteiger partial charge in [0.05, 0.1) is 24.4 Å². The van der Waals surface area contributed by atoms with Gasteiger partial charge in [0, 0.05) is 32.0 Å². The average molecular weight is 352 g/mol. The van der Waals surface area contributed by atoms with E-state index in [2.05, 4.69) is 19.9 Å². The van der Waals surface area contributed by atoms with Gasteiger partial charge in [-0.2, -0.15) is 5.26 Å². The van der Waals surface area contributed by atoms with Gasteiger partial charge in [-0.25, -0.2) is 9.97 Å². The third-order valence-corrected chi connectivity index (χ3v) is 4.78. The number of ether oxygens (including phenoxy) is 1. The molecule has 2 aromatic heterocycles. The summed E-state index contributed by atoms with van der Waals surface area (Å²) in [5, 5.41) is 8.92. The van der Waals surface area contributed by atoms with Crippen LogP contribution in [0.5, 0.6) is 0 Å². The van der Waals surface area contributed by atoms with Gasteiger partial charge in [-0.3, -0.25) is 4.79 Å². The Balaban J connectivity index is 1.49. The molecule has 134 valence electrons. The Kier molecular flexibility index (Phi) is 4.54. The van der Waals surface area contributed by atoms with Crippen LogP contribution in [0.25, 0.3) is 0 Å². The van der Waals surface area contributed by atoms with Crippen molar-refractivity contribution in [3.63, 3.8) is 0 Å². The number of aromatic amines is 1. The summed E-state index contributed by atoms with van der Waals surface area (Å²) < 4.78 is 5.86. The largest absolute Gasteiger partial charge is 0.368 e. The van der Waals surface area contributed by atoms with Crippen LogP contribution < -0.4 is 4.90 Å². The van der Waals surface area contributed by atoms with Crippen molar-refractivity contribution in [1.29, 1.82) is 5.26 Å². The highest BCUT2D eigenvalue weighted by molar-refractivity contribution is 5.93. The molecule has 2 aliphatic heterocycles. The van der Waals surface area contributed by atoms with E-state index in [1.54, 1.807) is 17.2 Å². The summed E-state index contributed by atoms with van der Waals surface area (Å²) in [5.74, 6) is 0.601. The molecular weight excluding hydrogens is 332 g/mol. The molecule has 26 heavy (non-hydrogen) atoms. The van der Waals surface area contributed by atoms with E-state index < -0.39 is 0 Å². The number of carbonyl (C=O) groups excluding carboxylic acids is 1. The number of aromatic nitrogens is 3. The van der Waals surface area contributed by atoms with Crippen LogP contribution in [0.1, 0.15) is 40.7 Å². The molecule has 0 saturated carbocycles. The SMILES string of the molecule is N#Cc1c[nH]c(C(=O)N2CCO[C@@H](c3ccnc(N4CCCC4)n3)C2)c1. The van der Waals surface area contributed by atoms with Crippen molar-refractivity contribution < 1.29 is 9.53 Å². The molecule has 0 spiro atoms. The summed E-state index contributed by atoms with van der Waals surface area (Å²) in [6, 6.07) is 5.44. The Bertz CT molecular complexity index is 836. The van der Waals surface area contributed by atoms with Crippen LogP contribution in [0, 0.1) is 11.3 Å². The predicted molar refractivity (Wildman–Crippen MR) is 93.6 cm³/mol. The van der Waals surface area contributed by atoms with Gasteiger partial charge in [0.1, 0.15) is 17.9 Å². The smallest absolute Gasteiger partial charge is 0.270 e. The number of amides is 1. The molecule has 8 nitrogen and oxygen atoms in total. The second-order valence-electron chi connectivity index (χ2n) is 6.50. The topological polar surface area (TPSA) is 98.1 Å². The van der Waals surface area contributed by atoms with E-state index in [0.717, 1.165) is 37.6 Å². The van der Waals surface area contributed by atoms with Crippen molar-refractivity contribution in [3.05, 3.63) is 41.5 Å². The Hall–Kier alpha value is -2.92. The fourth-order valence-corrected chi connectivity index (χ4v) is 3.38. The van der Waals surface area contributed by atoms with E-state index in [0.29, 0.717) is 31.0 Å². The van der Waals surface area contributed by atoms with Gasteiger partial charge in [-0.05, 0) is 25.0 Å². The van der Waals surface area contributed by atoms with Crippen LogP contribution in [0.15, 0.2) is 24.5 Å². The summed E-state index contributed by atoms with van der Waals surface area (Å²) in [7, 11) is 0. The Morgan fingerprint density at radius 3 is 2.96 bits per heavy atom. The zero-order valence-corrected chi connectivity index (χ0v) is 14.4. The molecule has 2 fully saturated rings. The molecule has 4 rings (SSSR count). The summed E-state index contributed by atoms with van der Waals surface area (Å²) in [5.41, 5.74) is 1.66. The van der Waals surface area contributed by atoms with Gasteiger partial charge in [0.15, 0.2) is 0 Å². The van der Waals surface area contributed by atoms with Crippen molar-refractivity contribution in [3.8, 4) is 6.07 Å². The van der Waals surface area contributed by atoms with E-state index in [-0.39, 0.29) is 12.0 Å². The van der Waals surface area contributed by atoms with E-state index in [1.165, 1.54) is 6.20 Å². The van der Waals surface area contributed by atoms with E-state index in [1.807, 2.05) is 12.1 Å². The molecule has 1 N–H and O–H groups in total. The number of nitrogens with zero attached hydrogens (tertiary/aromatic N) is 5. The number of hydrogen-bond acceptors (Lipinski definition) is 6. The number of rotatable bonds is 3. The van der Waals surface area contributed by atoms with E-state index >= 15 is 0 Å². The minimum absolute atomic E-state index is 0.131. The van der Waals surface area contributed by atoms with Gasteiger partial charge in [-0.15, -0.1) is 0 Å². The highest BCUT2D eigenvalue weighted by atomic mass is 16.5. The lowest BCUT2D eigenvalue weighted by molar-refractivity contribution is -0.0249. The number of anilines is 1. The second-order valence-corrected chi connectivity index (χ2v) is 6.50. The van der Waals surface area contributed by atoms with Crippen LogP contribution in [-0.2, 0) is 4.74 Å². The van der Waals surface area contributed by atoms with Gasteiger partial charge in [0.2, 0.25) is 5.95 Å². The molecule has 4 heterocycles. The molecule has 0 unspecified atom stereocenters. The predicted octanol–water partition coefficient (Wildman–Crippen LogP) is 1.49. The van der Waals surface area contributed by atoms with Gasteiger partial charge in [0.25, 0.3) is 5.91 Å². The first-order valence-electron chi connectivity index (χ1n) is 8.82. The van der Waals surface area contributed by atoms with Crippen LogP contribution in [0.2, 0.25) is 0 Å². The molecule has 2 saturated heterocycles. The number of morpholine rings is 1. The normalized spacial score (nSPS) is 20.2. The fourth-order valence-electron chi connectivity index (χ4n) is 3.38. The van der Waals surface area contributed by atoms with E-state index in [9.17, 15) is 4.79 Å². The monoisotopic (exact) mass is 352 g/mol. The number of nitriles is 1. The molecule has 0 aromatic carbocycles. The number of hydrogen-bond donors (Lipinski definition) is 1. The maximum absolute atomic E-state index is 12.7.